The minimum absolute atomic E-state index is 0.1000. The van der Waals surface area contributed by atoms with Gasteiger partial charge in [-0.1, -0.05) is 0 Å². The molecule has 0 saturated heterocycles. The maximum atomic E-state index is 12.8. The highest BCUT2D eigenvalue weighted by molar-refractivity contribution is 7.16. The molecule has 4 nitrogen and oxygen atoms in total. The number of carbonyl (C=O) groups excluding carboxylic acids is 1. The summed E-state index contributed by atoms with van der Waals surface area (Å²) in [6.45, 7) is 3.49. The molecule has 0 saturated carbocycles. The molecule has 0 spiro atoms. The van der Waals surface area contributed by atoms with Crippen LogP contribution in [0, 0.1) is 19.7 Å². The fourth-order valence-electron chi connectivity index (χ4n) is 1.75. The first kappa shape index (κ1) is 14.2. The largest absolute Gasteiger partial charge is 0.478 e. The lowest BCUT2D eigenvalue weighted by Crippen LogP contribution is -2.13. The molecule has 0 radical (unpaired) electrons. The summed E-state index contributed by atoms with van der Waals surface area (Å²) in [7, 11) is 0. The zero-order valence-electron chi connectivity index (χ0n) is 10.9. The van der Waals surface area contributed by atoms with Crippen molar-refractivity contribution in [3.63, 3.8) is 0 Å². The Labute approximate surface area is 118 Å². The van der Waals surface area contributed by atoms with Crippen molar-refractivity contribution in [3.8, 4) is 0 Å². The van der Waals surface area contributed by atoms with Gasteiger partial charge in [-0.05, 0) is 43.7 Å². The number of carboxylic acids is 1. The van der Waals surface area contributed by atoms with Gasteiger partial charge in [0, 0.05) is 10.4 Å². The highest BCUT2D eigenvalue weighted by atomic mass is 32.1. The number of benzene rings is 1. The van der Waals surface area contributed by atoms with Gasteiger partial charge in [-0.2, -0.15) is 0 Å². The van der Waals surface area contributed by atoms with Crippen molar-refractivity contribution in [2.45, 2.75) is 13.8 Å². The summed E-state index contributed by atoms with van der Waals surface area (Å²) in [5.41, 5.74) is 1.01. The van der Waals surface area contributed by atoms with Crippen molar-refractivity contribution < 1.29 is 19.1 Å². The number of hydrogen-bond acceptors (Lipinski definition) is 3. The monoisotopic (exact) mass is 293 g/mol. The molecule has 6 heteroatoms. The fraction of sp³-hybridized carbons (Fsp3) is 0.143. The van der Waals surface area contributed by atoms with Gasteiger partial charge in [0.2, 0.25) is 0 Å². The minimum Gasteiger partial charge on any atom is -0.478 e. The average Bonchev–Trinajstić information content (AvgIpc) is 2.65. The number of halogens is 1. The van der Waals surface area contributed by atoms with E-state index in [9.17, 15) is 19.1 Å². The molecule has 1 aromatic carbocycles. The number of thiophene rings is 1. The van der Waals surface area contributed by atoms with Gasteiger partial charge in [0.15, 0.2) is 0 Å². The van der Waals surface area contributed by atoms with Crippen molar-refractivity contribution >= 4 is 28.2 Å². The second-order valence-corrected chi connectivity index (χ2v) is 5.48. The van der Waals surface area contributed by atoms with Crippen molar-refractivity contribution in [3.05, 3.63) is 51.7 Å². The van der Waals surface area contributed by atoms with Gasteiger partial charge in [0.05, 0.1) is 5.56 Å². The molecule has 0 aliphatic rings. The number of nitrogens with one attached hydrogen (secondary N) is 1. The van der Waals surface area contributed by atoms with Crippen LogP contribution in [0.4, 0.5) is 9.39 Å². The smallest absolute Gasteiger partial charge is 0.338 e. The van der Waals surface area contributed by atoms with Crippen molar-refractivity contribution in [2.75, 3.05) is 5.32 Å². The van der Waals surface area contributed by atoms with E-state index in [4.69, 9.17) is 0 Å². The third-order valence-electron chi connectivity index (χ3n) is 2.93. The molecular weight excluding hydrogens is 281 g/mol. The first-order chi connectivity index (χ1) is 9.40. The van der Waals surface area contributed by atoms with Crippen LogP contribution in [-0.4, -0.2) is 17.0 Å². The Hall–Kier alpha value is -2.21. The molecule has 0 aliphatic carbocycles. The fourth-order valence-corrected chi connectivity index (χ4v) is 2.80. The lowest BCUT2D eigenvalue weighted by atomic mass is 10.1. The van der Waals surface area contributed by atoms with Gasteiger partial charge in [0.25, 0.3) is 5.91 Å². The van der Waals surface area contributed by atoms with Crippen LogP contribution in [0.3, 0.4) is 0 Å². The molecule has 0 aliphatic heterocycles. The Morgan fingerprint density at radius 3 is 2.35 bits per heavy atom. The van der Waals surface area contributed by atoms with Gasteiger partial charge < -0.3 is 10.4 Å². The maximum absolute atomic E-state index is 12.8. The first-order valence-electron chi connectivity index (χ1n) is 5.80. The standard InChI is InChI=1S/C14H12FNO3S/c1-7-8(2)20-13(11(7)14(18)19)16-12(17)9-3-5-10(15)6-4-9/h3-6H,1-2H3,(H,16,17)(H,18,19). The van der Waals surface area contributed by atoms with E-state index < -0.39 is 17.7 Å². The number of aryl methyl sites for hydroxylation is 1. The third-order valence-corrected chi connectivity index (χ3v) is 4.06. The summed E-state index contributed by atoms with van der Waals surface area (Å²) in [4.78, 5) is 24.1. The second-order valence-electron chi connectivity index (χ2n) is 4.25. The van der Waals surface area contributed by atoms with E-state index in [0.29, 0.717) is 10.6 Å². The molecule has 1 heterocycles. The first-order valence-corrected chi connectivity index (χ1v) is 6.62. The molecule has 20 heavy (non-hydrogen) atoms. The van der Waals surface area contributed by atoms with E-state index >= 15 is 0 Å². The number of anilines is 1. The molecule has 2 aromatic rings. The number of amides is 1. The summed E-state index contributed by atoms with van der Waals surface area (Å²) in [6, 6.07) is 5.05. The van der Waals surface area contributed by atoms with E-state index in [2.05, 4.69) is 5.32 Å². The van der Waals surface area contributed by atoms with Gasteiger partial charge in [0.1, 0.15) is 10.8 Å². The molecule has 104 valence electrons. The summed E-state index contributed by atoms with van der Waals surface area (Å²) in [5.74, 6) is -1.98. The number of hydrogen-bond donors (Lipinski definition) is 2. The van der Waals surface area contributed by atoms with E-state index in [1.54, 1.807) is 13.8 Å². The molecule has 2 N–H and O–H groups in total. The number of carboxylic acid groups (broad SMARTS) is 1. The van der Waals surface area contributed by atoms with Crippen molar-refractivity contribution in [1.29, 1.82) is 0 Å². The zero-order chi connectivity index (χ0) is 14.9. The molecule has 0 fully saturated rings. The normalized spacial score (nSPS) is 10.3. The molecule has 0 unspecified atom stereocenters. The van der Waals surface area contributed by atoms with Gasteiger partial charge >= 0.3 is 5.97 Å². The molecule has 0 bridgehead atoms. The van der Waals surface area contributed by atoms with Crippen molar-refractivity contribution in [1.82, 2.24) is 0 Å². The van der Waals surface area contributed by atoms with Crippen molar-refractivity contribution in [2.24, 2.45) is 0 Å². The Morgan fingerprint density at radius 2 is 1.80 bits per heavy atom. The van der Waals surface area contributed by atoms with Gasteiger partial charge in [-0.25, -0.2) is 9.18 Å². The number of aromatic carboxylic acids is 1. The number of carbonyl (C=O) groups is 2. The average molecular weight is 293 g/mol. The van der Waals surface area contributed by atoms with Crippen LogP contribution in [0.5, 0.6) is 0 Å². The minimum atomic E-state index is -1.08. The highest BCUT2D eigenvalue weighted by Crippen LogP contribution is 2.32. The van der Waals surface area contributed by atoms with E-state index in [1.807, 2.05) is 0 Å². The molecule has 1 aromatic heterocycles. The lowest BCUT2D eigenvalue weighted by Gasteiger charge is -2.04. The number of rotatable bonds is 3. The van der Waals surface area contributed by atoms with Crippen LogP contribution in [-0.2, 0) is 0 Å². The molecule has 1 amide bonds. The van der Waals surface area contributed by atoms with Gasteiger partial charge in [-0.3, -0.25) is 4.79 Å². The SMILES string of the molecule is Cc1sc(NC(=O)c2ccc(F)cc2)c(C(=O)O)c1C. The van der Waals surface area contributed by atoms with Crippen LogP contribution in [0.1, 0.15) is 31.2 Å². The molecule has 2 rings (SSSR count). The van der Waals surface area contributed by atoms with E-state index in [0.717, 1.165) is 4.88 Å². The second kappa shape index (κ2) is 5.42. The zero-order valence-corrected chi connectivity index (χ0v) is 11.7. The Morgan fingerprint density at radius 1 is 1.20 bits per heavy atom. The summed E-state index contributed by atoms with van der Waals surface area (Å²) in [5, 5.41) is 12.0. The van der Waals surface area contributed by atoms with Crippen LogP contribution >= 0.6 is 11.3 Å². The van der Waals surface area contributed by atoms with Crippen LogP contribution in [0.15, 0.2) is 24.3 Å². The summed E-state index contributed by atoms with van der Waals surface area (Å²) >= 11 is 1.21. The topological polar surface area (TPSA) is 66.4 Å². The maximum Gasteiger partial charge on any atom is 0.338 e. The van der Waals surface area contributed by atoms with Gasteiger partial charge in [-0.15, -0.1) is 11.3 Å². The molecule has 0 atom stereocenters. The molecular formula is C14H12FNO3S. The van der Waals surface area contributed by atoms with Crippen LogP contribution in [0.2, 0.25) is 0 Å². The van der Waals surface area contributed by atoms with E-state index in [-0.39, 0.29) is 11.1 Å². The third kappa shape index (κ3) is 2.70. The van der Waals surface area contributed by atoms with Crippen LogP contribution in [0.25, 0.3) is 0 Å². The van der Waals surface area contributed by atoms with Crippen LogP contribution < -0.4 is 5.32 Å². The predicted molar refractivity (Wildman–Crippen MR) is 75.1 cm³/mol. The lowest BCUT2D eigenvalue weighted by molar-refractivity contribution is 0.0697. The quantitative estimate of drug-likeness (QED) is 0.910. The Bertz CT molecular complexity index is 676. The Balaban J connectivity index is 2.30. The summed E-state index contributed by atoms with van der Waals surface area (Å²) < 4.78 is 12.8. The summed E-state index contributed by atoms with van der Waals surface area (Å²) in [6.07, 6.45) is 0. The van der Waals surface area contributed by atoms with E-state index in [1.165, 1.54) is 35.6 Å². The Kier molecular flexibility index (Phi) is 3.85. The highest BCUT2D eigenvalue weighted by Gasteiger charge is 2.20. The predicted octanol–water partition coefficient (Wildman–Crippen LogP) is 3.45.